The Hall–Kier alpha value is -1.50. The smallest absolute Gasteiger partial charge is 0.329 e. The van der Waals surface area contributed by atoms with Gasteiger partial charge in [-0.1, -0.05) is 22.9 Å². The molecule has 19 heavy (non-hydrogen) atoms. The standard InChI is InChI=1S/C12H12BrF2NO3/c1-3-12(2,11(18)19)16-10(17)9-7(14)4-6(13)5-8(9)15/h4-5H,3H2,1-2H3,(H,16,17)(H,18,19). The van der Waals surface area contributed by atoms with Crippen LogP contribution < -0.4 is 5.32 Å². The predicted molar refractivity (Wildman–Crippen MR) is 67.9 cm³/mol. The van der Waals surface area contributed by atoms with Crippen molar-refractivity contribution < 1.29 is 23.5 Å². The van der Waals surface area contributed by atoms with Crippen LogP contribution in [0.3, 0.4) is 0 Å². The van der Waals surface area contributed by atoms with Gasteiger partial charge >= 0.3 is 5.97 Å². The van der Waals surface area contributed by atoms with Crippen molar-refractivity contribution >= 4 is 27.8 Å². The first kappa shape index (κ1) is 15.6. The summed E-state index contributed by atoms with van der Waals surface area (Å²) in [5, 5.41) is 11.1. The summed E-state index contributed by atoms with van der Waals surface area (Å²) in [4.78, 5) is 22.8. The second kappa shape index (κ2) is 5.64. The Labute approximate surface area is 116 Å². The Kier molecular flexibility index (Phi) is 4.62. The van der Waals surface area contributed by atoms with E-state index >= 15 is 0 Å². The molecule has 0 aliphatic rings. The van der Waals surface area contributed by atoms with Gasteiger partial charge in [0.1, 0.15) is 22.7 Å². The molecule has 4 nitrogen and oxygen atoms in total. The van der Waals surface area contributed by atoms with E-state index in [2.05, 4.69) is 21.2 Å². The van der Waals surface area contributed by atoms with Crippen molar-refractivity contribution in [2.24, 2.45) is 0 Å². The summed E-state index contributed by atoms with van der Waals surface area (Å²) < 4.78 is 27.3. The third-order valence-corrected chi connectivity index (χ3v) is 3.26. The van der Waals surface area contributed by atoms with Crippen LogP contribution >= 0.6 is 15.9 Å². The third-order valence-electron chi connectivity index (χ3n) is 2.80. The lowest BCUT2D eigenvalue weighted by atomic mass is 9.98. The minimum absolute atomic E-state index is 0.0772. The van der Waals surface area contributed by atoms with Gasteiger partial charge in [-0.3, -0.25) is 4.79 Å². The van der Waals surface area contributed by atoms with Crippen molar-refractivity contribution in [1.82, 2.24) is 5.32 Å². The summed E-state index contributed by atoms with van der Waals surface area (Å²) in [7, 11) is 0. The van der Waals surface area contributed by atoms with Gasteiger partial charge in [-0.05, 0) is 25.5 Å². The molecule has 1 amide bonds. The fourth-order valence-corrected chi connectivity index (χ4v) is 1.77. The lowest BCUT2D eigenvalue weighted by molar-refractivity contribution is -0.143. The molecule has 0 radical (unpaired) electrons. The highest BCUT2D eigenvalue weighted by Gasteiger charge is 2.34. The number of aliphatic carboxylic acids is 1. The molecule has 0 bridgehead atoms. The summed E-state index contributed by atoms with van der Waals surface area (Å²) in [5.74, 6) is -4.50. The van der Waals surface area contributed by atoms with E-state index in [4.69, 9.17) is 5.11 Å². The number of carbonyl (C=O) groups excluding carboxylic acids is 1. The summed E-state index contributed by atoms with van der Waals surface area (Å²) >= 11 is 2.89. The molecule has 1 atom stereocenters. The zero-order valence-corrected chi connectivity index (χ0v) is 11.8. The van der Waals surface area contributed by atoms with Crippen molar-refractivity contribution in [3.8, 4) is 0 Å². The zero-order valence-electron chi connectivity index (χ0n) is 10.3. The molecule has 104 valence electrons. The molecule has 0 fully saturated rings. The monoisotopic (exact) mass is 335 g/mol. The van der Waals surface area contributed by atoms with Gasteiger partial charge in [0.25, 0.3) is 5.91 Å². The summed E-state index contributed by atoms with van der Waals surface area (Å²) in [6.07, 6.45) is 0.0772. The van der Waals surface area contributed by atoms with Crippen LogP contribution in [0.1, 0.15) is 30.6 Å². The van der Waals surface area contributed by atoms with Gasteiger partial charge in [-0.2, -0.15) is 0 Å². The Morgan fingerprint density at radius 2 is 1.84 bits per heavy atom. The topological polar surface area (TPSA) is 66.4 Å². The molecule has 1 aromatic carbocycles. The number of amides is 1. The maximum Gasteiger partial charge on any atom is 0.329 e. The SMILES string of the molecule is CCC(C)(NC(=O)c1c(F)cc(Br)cc1F)C(=O)O. The lowest BCUT2D eigenvalue weighted by Gasteiger charge is -2.24. The van der Waals surface area contributed by atoms with Crippen molar-refractivity contribution in [3.63, 3.8) is 0 Å². The van der Waals surface area contributed by atoms with Crippen LogP contribution in [-0.2, 0) is 4.79 Å². The van der Waals surface area contributed by atoms with Crippen molar-refractivity contribution in [2.45, 2.75) is 25.8 Å². The number of carbonyl (C=O) groups is 2. The van der Waals surface area contributed by atoms with Gasteiger partial charge in [-0.25, -0.2) is 13.6 Å². The van der Waals surface area contributed by atoms with Crippen molar-refractivity contribution in [1.29, 1.82) is 0 Å². The number of nitrogens with one attached hydrogen (secondary N) is 1. The number of carboxylic acid groups (broad SMARTS) is 1. The Morgan fingerprint density at radius 3 is 2.21 bits per heavy atom. The Morgan fingerprint density at radius 1 is 1.37 bits per heavy atom. The maximum atomic E-state index is 13.6. The molecule has 2 N–H and O–H groups in total. The largest absolute Gasteiger partial charge is 0.480 e. The molecule has 0 aromatic heterocycles. The predicted octanol–water partition coefficient (Wildman–Crippen LogP) is 2.71. The minimum Gasteiger partial charge on any atom is -0.480 e. The van der Waals surface area contributed by atoms with Crippen LogP contribution in [0, 0.1) is 11.6 Å². The molecule has 1 unspecified atom stereocenters. The first-order valence-corrected chi connectivity index (χ1v) is 6.21. The van der Waals surface area contributed by atoms with E-state index in [0.29, 0.717) is 0 Å². The summed E-state index contributed by atoms with van der Waals surface area (Å²) in [6, 6.07) is 1.87. The molecule has 0 saturated heterocycles. The molecule has 1 aromatic rings. The average molecular weight is 336 g/mol. The van der Waals surface area contributed by atoms with E-state index in [1.165, 1.54) is 6.92 Å². The van der Waals surface area contributed by atoms with E-state index in [9.17, 15) is 18.4 Å². The highest BCUT2D eigenvalue weighted by atomic mass is 79.9. The van der Waals surface area contributed by atoms with Crippen LogP contribution in [-0.4, -0.2) is 22.5 Å². The number of benzene rings is 1. The molecular weight excluding hydrogens is 324 g/mol. The summed E-state index contributed by atoms with van der Waals surface area (Å²) in [6.45, 7) is 2.81. The van der Waals surface area contributed by atoms with Crippen molar-refractivity contribution in [2.75, 3.05) is 0 Å². The normalized spacial score (nSPS) is 13.7. The summed E-state index contributed by atoms with van der Waals surface area (Å²) in [5.41, 5.74) is -2.38. The van der Waals surface area contributed by atoms with E-state index in [1.807, 2.05) is 0 Å². The fraction of sp³-hybridized carbons (Fsp3) is 0.333. The molecule has 0 aliphatic heterocycles. The molecule has 0 spiro atoms. The molecule has 0 aliphatic carbocycles. The maximum absolute atomic E-state index is 13.6. The van der Waals surface area contributed by atoms with Gasteiger partial charge in [-0.15, -0.1) is 0 Å². The number of rotatable bonds is 4. The lowest BCUT2D eigenvalue weighted by Crippen LogP contribution is -2.52. The minimum atomic E-state index is -1.58. The highest BCUT2D eigenvalue weighted by Crippen LogP contribution is 2.20. The number of halogens is 3. The average Bonchev–Trinajstić information content (AvgIpc) is 2.26. The second-order valence-corrected chi connectivity index (χ2v) is 5.11. The van der Waals surface area contributed by atoms with E-state index in [1.54, 1.807) is 6.92 Å². The highest BCUT2D eigenvalue weighted by molar-refractivity contribution is 9.10. The molecule has 0 saturated carbocycles. The first-order chi connectivity index (χ1) is 8.71. The number of carboxylic acids is 1. The molecule has 0 heterocycles. The van der Waals surface area contributed by atoms with Crippen LogP contribution in [0.4, 0.5) is 8.78 Å². The van der Waals surface area contributed by atoms with Crippen molar-refractivity contribution in [3.05, 3.63) is 33.8 Å². The van der Waals surface area contributed by atoms with Crippen LogP contribution in [0.2, 0.25) is 0 Å². The molecular formula is C12H12BrF2NO3. The fourth-order valence-electron chi connectivity index (χ4n) is 1.37. The second-order valence-electron chi connectivity index (χ2n) is 4.19. The van der Waals surface area contributed by atoms with Gasteiger partial charge in [0.05, 0.1) is 0 Å². The first-order valence-electron chi connectivity index (χ1n) is 5.41. The Balaban J connectivity index is 3.12. The number of hydrogen-bond acceptors (Lipinski definition) is 2. The van der Waals surface area contributed by atoms with Gasteiger partial charge in [0.15, 0.2) is 0 Å². The van der Waals surface area contributed by atoms with Gasteiger partial charge in [0.2, 0.25) is 0 Å². The van der Waals surface area contributed by atoms with E-state index in [0.717, 1.165) is 12.1 Å². The van der Waals surface area contributed by atoms with Gasteiger partial charge < -0.3 is 10.4 Å². The Bertz CT molecular complexity index is 513. The zero-order chi connectivity index (χ0) is 14.8. The van der Waals surface area contributed by atoms with Crippen LogP contribution in [0.25, 0.3) is 0 Å². The third kappa shape index (κ3) is 3.28. The van der Waals surface area contributed by atoms with Crippen LogP contribution in [0.15, 0.2) is 16.6 Å². The van der Waals surface area contributed by atoms with Crippen LogP contribution in [0.5, 0.6) is 0 Å². The van der Waals surface area contributed by atoms with Gasteiger partial charge in [0, 0.05) is 4.47 Å². The van der Waals surface area contributed by atoms with E-state index in [-0.39, 0.29) is 10.9 Å². The molecule has 7 heteroatoms. The number of hydrogen-bond donors (Lipinski definition) is 2. The quantitative estimate of drug-likeness (QED) is 0.889. The van der Waals surface area contributed by atoms with E-state index < -0.39 is 34.6 Å². The molecule has 1 rings (SSSR count).